The van der Waals surface area contributed by atoms with Gasteiger partial charge in [0.1, 0.15) is 5.82 Å². The van der Waals surface area contributed by atoms with Crippen LogP contribution in [0.4, 0.5) is 5.82 Å². The molecule has 0 amide bonds. The lowest BCUT2D eigenvalue weighted by atomic mass is 10.1. The maximum Gasteiger partial charge on any atom is 0.178 e. The van der Waals surface area contributed by atoms with E-state index in [9.17, 15) is 8.76 Å². The van der Waals surface area contributed by atoms with Crippen LogP contribution in [0.25, 0.3) is 5.65 Å². The van der Waals surface area contributed by atoms with Crippen molar-refractivity contribution in [3.63, 3.8) is 0 Å². The van der Waals surface area contributed by atoms with Crippen LogP contribution >= 0.6 is 0 Å². The van der Waals surface area contributed by atoms with E-state index in [1.54, 1.807) is 16.6 Å². The second kappa shape index (κ2) is 6.99. The number of nitrogens with zero attached hydrogens (tertiary/aromatic N) is 5. The molecule has 0 saturated carbocycles. The number of fused-ring (bicyclic) bond motifs is 1. The van der Waals surface area contributed by atoms with Gasteiger partial charge >= 0.3 is 0 Å². The zero-order valence-electron chi connectivity index (χ0n) is 15.3. The molecular formula is C18H22N6O2S. The van der Waals surface area contributed by atoms with E-state index in [0.29, 0.717) is 17.1 Å². The first-order chi connectivity index (χ1) is 12.9. The first-order valence-electron chi connectivity index (χ1n) is 8.95. The van der Waals surface area contributed by atoms with Crippen LogP contribution < -0.4 is 9.62 Å². The van der Waals surface area contributed by atoms with Crippen molar-refractivity contribution in [2.75, 3.05) is 18.0 Å². The highest BCUT2D eigenvalue weighted by Crippen LogP contribution is 2.21. The molecule has 1 aliphatic rings. The van der Waals surface area contributed by atoms with Crippen molar-refractivity contribution < 1.29 is 8.76 Å². The van der Waals surface area contributed by atoms with Crippen molar-refractivity contribution in [2.24, 2.45) is 0 Å². The van der Waals surface area contributed by atoms with E-state index in [1.807, 2.05) is 38.1 Å². The topological polar surface area (TPSA) is 98.5 Å². The minimum atomic E-state index is -3.54. The van der Waals surface area contributed by atoms with Gasteiger partial charge in [-0.1, -0.05) is 21.9 Å². The zero-order valence-corrected chi connectivity index (χ0v) is 16.1. The number of aryl methyl sites for hydroxylation is 2. The molecule has 2 aromatic heterocycles. The molecule has 8 nitrogen and oxygen atoms in total. The summed E-state index contributed by atoms with van der Waals surface area (Å²) in [5.74, 6) is 1.52. The van der Waals surface area contributed by atoms with Gasteiger partial charge in [0.2, 0.25) is 0 Å². The van der Waals surface area contributed by atoms with E-state index in [2.05, 4.69) is 24.9 Å². The molecular weight excluding hydrogens is 364 g/mol. The molecule has 2 atom stereocenters. The van der Waals surface area contributed by atoms with E-state index in [0.717, 1.165) is 36.6 Å². The van der Waals surface area contributed by atoms with Crippen LogP contribution in [0.1, 0.15) is 24.2 Å². The Morgan fingerprint density at radius 1 is 1.15 bits per heavy atom. The fourth-order valence-corrected chi connectivity index (χ4v) is 4.60. The van der Waals surface area contributed by atoms with E-state index >= 15 is 0 Å². The average molecular weight is 386 g/mol. The van der Waals surface area contributed by atoms with Crippen molar-refractivity contribution in [2.45, 2.75) is 37.6 Å². The summed E-state index contributed by atoms with van der Waals surface area (Å²) in [6, 6.07) is 10.5. The molecule has 0 bridgehead atoms. The molecule has 3 heterocycles. The van der Waals surface area contributed by atoms with Crippen LogP contribution in [-0.2, 0) is 14.6 Å². The maximum absolute atomic E-state index is 12.7. The lowest BCUT2D eigenvalue weighted by Crippen LogP contribution is -2.49. The van der Waals surface area contributed by atoms with Crippen LogP contribution in [0, 0.1) is 13.8 Å². The molecule has 9 heteroatoms. The molecule has 1 aromatic carbocycles. The smallest absolute Gasteiger partial charge is 0.178 e. The van der Waals surface area contributed by atoms with Gasteiger partial charge in [-0.25, -0.2) is 0 Å². The number of piperidine rings is 1. The summed E-state index contributed by atoms with van der Waals surface area (Å²) >= 11 is 0. The highest BCUT2D eigenvalue weighted by molar-refractivity contribution is 7.95. The molecule has 2 unspecified atom stereocenters. The summed E-state index contributed by atoms with van der Waals surface area (Å²) in [6.07, 6.45) is 1.69. The van der Waals surface area contributed by atoms with E-state index in [1.165, 1.54) is 0 Å². The largest absolute Gasteiger partial charge is 0.593 e. The Bertz CT molecular complexity index is 1000. The van der Waals surface area contributed by atoms with E-state index < -0.39 is 10.4 Å². The number of hydrogen-bond donors (Lipinski definition) is 1. The van der Waals surface area contributed by atoms with Gasteiger partial charge in [-0.2, -0.15) is 4.52 Å². The summed E-state index contributed by atoms with van der Waals surface area (Å²) in [6.45, 7) is 5.20. The van der Waals surface area contributed by atoms with Crippen LogP contribution in [0.2, 0.25) is 0 Å². The van der Waals surface area contributed by atoms with Gasteiger partial charge in [0.05, 0.1) is 6.04 Å². The number of sulfonamides is 1. The number of anilines is 1. The molecule has 1 N–H and O–H groups in total. The summed E-state index contributed by atoms with van der Waals surface area (Å²) < 4.78 is 29.9. The Labute approximate surface area is 159 Å². The van der Waals surface area contributed by atoms with Crippen molar-refractivity contribution in [3.8, 4) is 0 Å². The predicted molar refractivity (Wildman–Crippen MR) is 102 cm³/mol. The number of nitrogens with one attached hydrogen (secondary N) is 1. The number of benzene rings is 1. The third kappa shape index (κ3) is 3.71. The third-order valence-electron chi connectivity index (χ3n) is 4.80. The van der Waals surface area contributed by atoms with Crippen LogP contribution in [0.5, 0.6) is 0 Å². The standard InChI is InChI=1S/C18H22N6O2S/c1-13-5-7-16(8-6-13)27(25,26)22-15-4-3-11-23(12-15)18-10-9-17-20-19-14(2)24(17)21-18/h5-10,15H,3-4,11-12H2,1-2H3,(H-,22,25,26). The Morgan fingerprint density at radius 3 is 2.70 bits per heavy atom. The first-order valence-corrected chi connectivity index (χ1v) is 10.4. The SMILES string of the molecule is Cc1ccc([S+](=O)([O-])NC2CCCN(c3ccc4nnc(C)n4n3)C2)cc1. The number of hydrogen-bond acceptors (Lipinski definition) is 6. The molecule has 0 spiro atoms. The second-order valence-electron chi connectivity index (χ2n) is 6.93. The summed E-state index contributed by atoms with van der Waals surface area (Å²) in [5.41, 5.74) is 1.73. The van der Waals surface area contributed by atoms with Crippen LogP contribution in [0.15, 0.2) is 41.3 Å². The molecule has 1 aliphatic heterocycles. The van der Waals surface area contributed by atoms with E-state index in [-0.39, 0.29) is 6.04 Å². The molecule has 3 aromatic rings. The highest BCUT2D eigenvalue weighted by atomic mass is 32.3. The predicted octanol–water partition coefficient (Wildman–Crippen LogP) is 1.90. The summed E-state index contributed by atoms with van der Waals surface area (Å²) in [7, 11) is -3.54. The third-order valence-corrected chi connectivity index (χ3v) is 6.34. The van der Waals surface area contributed by atoms with Gasteiger partial charge in [0.15, 0.2) is 26.8 Å². The monoisotopic (exact) mass is 386 g/mol. The summed E-state index contributed by atoms with van der Waals surface area (Å²) in [4.78, 5) is 2.40. The first kappa shape index (κ1) is 18.0. The zero-order chi connectivity index (χ0) is 19.0. The Kier molecular flexibility index (Phi) is 4.67. The molecule has 142 valence electrons. The van der Waals surface area contributed by atoms with Crippen molar-refractivity contribution >= 4 is 21.9 Å². The van der Waals surface area contributed by atoms with Crippen LogP contribution in [-0.4, -0.2) is 43.5 Å². The van der Waals surface area contributed by atoms with Crippen molar-refractivity contribution in [1.82, 2.24) is 24.5 Å². The minimum absolute atomic E-state index is 0.162. The second-order valence-corrected chi connectivity index (χ2v) is 8.64. The van der Waals surface area contributed by atoms with Gasteiger partial charge < -0.3 is 9.45 Å². The van der Waals surface area contributed by atoms with Gasteiger partial charge in [-0.3, -0.25) is 0 Å². The van der Waals surface area contributed by atoms with Gasteiger partial charge in [-0.15, -0.1) is 20.0 Å². The van der Waals surface area contributed by atoms with Gasteiger partial charge in [0.25, 0.3) is 0 Å². The lowest BCUT2D eigenvalue weighted by molar-refractivity contribution is 0.421. The molecule has 1 fully saturated rings. The maximum atomic E-state index is 12.7. The lowest BCUT2D eigenvalue weighted by Gasteiger charge is -2.34. The van der Waals surface area contributed by atoms with Gasteiger partial charge in [-0.05, 0) is 51.0 Å². The fourth-order valence-electron chi connectivity index (χ4n) is 3.34. The molecule has 0 radical (unpaired) electrons. The molecule has 1 saturated heterocycles. The van der Waals surface area contributed by atoms with Gasteiger partial charge in [0, 0.05) is 13.1 Å². The number of rotatable bonds is 4. The Balaban J connectivity index is 1.51. The Hall–Kier alpha value is -2.36. The fraction of sp³-hybridized carbons (Fsp3) is 0.389. The minimum Gasteiger partial charge on any atom is -0.593 e. The molecule has 0 aliphatic carbocycles. The van der Waals surface area contributed by atoms with Crippen molar-refractivity contribution in [3.05, 3.63) is 47.8 Å². The van der Waals surface area contributed by atoms with Crippen LogP contribution in [0.3, 0.4) is 0 Å². The van der Waals surface area contributed by atoms with E-state index in [4.69, 9.17) is 0 Å². The molecule has 4 rings (SSSR count). The molecule has 27 heavy (non-hydrogen) atoms. The highest BCUT2D eigenvalue weighted by Gasteiger charge is 2.29. The summed E-state index contributed by atoms with van der Waals surface area (Å²) in [5, 5.41) is 12.7. The normalized spacial score (nSPS) is 20.0. The quantitative estimate of drug-likeness (QED) is 0.688. The Morgan fingerprint density at radius 2 is 1.93 bits per heavy atom. The number of aromatic nitrogens is 4. The average Bonchev–Trinajstić information content (AvgIpc) is 3.02. The van der Waals surface area contributed by atoms with Crippen molar-refractivity contribution in [1.29, 1.82) is 0 Å².